The summed E-state index contributed by atoms with van der Waals surface area (Å²) in [6.45, 7) is 4.95. The summed E-state index contributed by atoms with van der Waals surface area (Å²) < 4.78 is 1.81. The number of nitrogens with one attached hydrogen (secondary N) is 1. The maximum absolute atomic E-state index is 11.9. The zero-order valence-electron chi connectivity index (χ0n) is 12.4. The highest BCUT2D eigenvalue weighted by molar-refractivity contribution is 5.80. The average Bonchev–Trinajstić information content (AvgIpc) is 3.08. The van der Waals surface area contributed by atoms with Gasteiger partial charge in [0.2, 0.25) is 0 Å². The highest BCUT2D eigenvalue weighted by atomic mass is 16.1. The zero-order chi connectivity index (χ0) is 14.4. The van der Waals surface area contributed by atoms with Gasteiger partial charge in [0.15, 0.2) is 0 Å². The van der Waals surface area contributed by atoms with Gasteiger partial charge in [-0.25, -0.2) is 4.79 Å². The second kappa shape index (κ2) is 4.79. The fourth-order valence-electron chi connectivity index (χ4n) is 3.87. The Morgan fingerprint density at radius 3 is 3.14 bits per heavy atom. The molecule has 1 aliphatic carbocycles. The molecule has 4 rings (SSSR count). The Bertz CT molecular complexity index is 755. The number of allylic oxidation sites excluding steroid dienone is 2. The van der Waals surface area contributed by atoms with E-state index in [0.717, 1.165) is 36.0 Å². The fraction of sp³-hybridized carbons (Fsp3) is 0.471. The molecule has 1 aromatic carbocycles. The van der Waals surface area contributed by atoms with E-state index in [0.29, 0.717) is 6.54 Å². The summed E-state index contributed by atoms with van der Waals surface area (Å²) >= 11 is 0. The molecule has 2 aromatic rings. The molecule has 4 nitrogen and oxygen atoms in total. The summed E-state index contributed by atoms with van der Waals surface area (Å²) in [7, 11) is 0. The Balaban J connectivity index is 1.69. The van der Waals surface area contributed by atoms with Crippen molar-refractivity contribution < 1.29 is 0 Å². The average molecular weight is 283 g/mol. The van der Waals surface area contributed by atoms with Gasteiger partial charge >= 0.3 is 5.69 Å². The highest BCUT2D eigenvalue weighted by Gasteiger charge is 2.29. The lowest BCUT2D eigenvalue weighted by molar-refractivity contribution is 0.355. The molecule has 2 atom stereocenters. The van der Waals surface area contributed by atoms with Crippen molar-refractivity contribution in [2.45, 2.75) is 26.3 Å². The van der Waals surface area contributed by atoms with Gasteiger partial charge in [-0.3, -0.25) is 4.57 Å². The van der Waals surface area contributed by atoms with Crippen molar-refractivity contribution in [1.29, 1.82) is 0 Å². The summed E-state index contributed by atoms with van der Waals surface area (Å²) in [5.74, 6) is 1.56. The Morgan fingerprint density at radius 1 is 1.38 bits per heavy atom. The first-order valence-corrected chi connectivity index (χ1v) is 7.90. The molecule has 1 aliphatic heterocycles. The van der Waals surface area contributed by atoms with E-state index in [1.807, 2.05) is 17.6 Å². The smallest absolute Gasteiger partial charge is 0.326 e. The minimum absolute atomic E-state index is 0.0108. The summed E-state index contributed by atoms with van der Waals surface area (Å²) in [5, 5.41) is 0. The molecule has 0 amide bonds. The van der Waals surface area contributed by atoms with Crippen molar-refractivity contribution in [3.05, 3.63) is 40.8 Å². The van der Waals surface area contributed by atoms with Gasteiger partial charge in [0.05, 0.1) is 11.0 Å². The van der Waals surface area contributed by atoms with Crippen LogP contribution in [0.3, 0.4) is 0 Å². The van der Waals surface area contributed by atoms with E-state index in [9.17, 15) is 4.79 Å². The number of hydrogen-bond donors (Lipinski definition) is 1. The Labute approximate surface area is 124 Å². The zero-order valence-corrected chi connectivity index (χ0v) is 12.4. The number of anilines is 1. The van der Waals surface area contributed by atoms with E-state index < -0.39 is 0 Å². The van der Waals surface area contributed by atoms with Crippen molar-refractivity contribution in [3.8, 4) is 0 Å². The fourth-order valence-corrected chi connectivity index (χ4v) is 3.87. The molecule has 0 radical (unpaired) electrons. The van der Waals surface area contributed by atoms with Crippen LogP contribution in [0.4, 0.5) is 5.69 Å². The third kappa shape index (κ3) is 2.01. The number of aromatic nitrogens is 2. The molecular weight excluding hydrogens is 262 g/mol. The summed E-state index contributed by atoms with van der Waals surface area (Å²) in [6.07, 6.45) is 7.19. The number of nitrogens with zero attached hydrogens (tertiary/aromatic N) is 2. The van der Waals surface area contributed by atoms with Crippen LogP contribution in [-0.4, -0.2) is 22.6 Å². The molecule has 1 saturated heterocycles. The first-order chi connectivity index (χ1) is 10.3. The van der Waals surface area contributed by atoms with Crippen molar-refractivity contribution in [2.75, 3.05) is 18.0 Å². The molecule has 0 unspecified atom stereocenters. The third-order valence-electron chi connectivity index (χ3n) is 5.06. The van der Waals surface area contributed by atoms with Crippen LogP contribution in [0.2, 0.25) is 0 Å². The van der Waals surface area contributed by atoms with Gasteiger partial charge in [0.25, 0.3) is 0 Å². The first kappa shape index (κ1) is 12.7. The normalized spacial score (nSPS) is 24.7. The molecule has 110 valence electrons. The van der Waals surface area contributed by atoms with Gasteiger partial charge in [0, 0.05) is 25.3 Å². The summed E-state index contributed by atoms with van der Waals surface area (Å²) in [4.78, 5) is 17.3. The number of H-pyrrole nitrogens is 1. The number of imidazole rings is 1. The van der Waals surface area contributed by atoms with E-state index in [-0.39, 0.29) is 5.69 Å². The van der Waals surface area contributed by atoms with Crippen LogP contribution in [-0.2, 0) is 6.54 Å². The van der Waals surface area contributed by atoms with E-state index >= 15 is 0 Å². The molecule has 4 heteroatoms. The first-order valence-electron chi connectivity index (χ1n) is 7.90. The molecule has 0 saturated carbocycles. The van der Waals surface area contributed by atoms with Gasteiger partial charge < -0.3 is 9.88 Å². The van der Waals surface area contributed by atoms with Gasteiger partial charge in [-0.05, 0) is 49.8 Å². The number of aryl methyl sites for hydroxylation is 1. The molecule has 21 heavy (non-hydrogen) atoms. The van der Waals surface area contributed by atoms with Crippen LogP contribution in [0, 0.1) is 11.8 Å². The number of aromatic amines is 1. The van der Waals surface area contributed by atoms with Crippen LogP contribution in [0.5, 0.6) is 0 Å². The SMILES string of the molecule is CCn1c(=O)[nH]c2ccc(N3CC[C@H]4C=CC[C@H]4C3)cc21. The molecular formula is C17H21N3O. The molecule has 1 fully saturated rings. The van der Waals surface area contributed by atoms with Gasteiger partial charge in [-0.2, -0.15) is 0 Å². The lowest BCUT2D eigenvalue weighted by Crippen LogP contribution is -2.38. The van der Waals surface area contributed by atoms with Crippen LogP contribution in [0.1, 0.15) is 19.8 Å². The van der Waals surface area contributed by atoms with Gasteiger partial charge in [-0.1, -0.05) is 12.2 Å². The van der Waals surface area contributed by atoms with E-state index in [1.54, 1.807) is 0 Å². The lowest BCUT2D eigenvalue weighted by atomic mass is 9.88. The third-order valence-corrected chi connectivity index (χ3v) is 5.06. The number of hydrogen-bond acceptors (Lipinski definition) is 2. The molecule has 1 aromatic heterocycles. The van der Waals surface area contributed by atoms with E-state index in [4.69, 9.17) is 0 Å². The summed E-state index contributed by atoms with van der Waals surface area (Å²) in [6, 6.07) is 6.34. The van der Waals surface area contributed by atoms with Crippen molar-refractivity contribution in [1.82, 2.24) is 9.55 Å². The number of piperidine rings is 1. The van der Waals surface area contributed by atoms with Crippen LogP contribution >= 0.6 is 0 Å². The maximum atomic E-state index is 11.9. The second-order valence-corrected chi connectivity index (χ2v) is 6.20. The highest BCUT2D eigenvalue weighted by Crippen LogP contribution is 2.35. The van der Waals surface area contributed by atoms with E-state index in [1.165, 1.54) is 18.5 Å². The number of benzene rings is 1. The molecule has 2 heterocycles. The van der Waals surface area contributed by atoms with E-state index in [2.05, 4.69) is 34.2 Å². The Kier molecular flexibility index (Phi) is 2.91. The van der Waals surface area contributed by atoms with Gasteiger partial charge in [-0.15, -0.1) is 0 Å². The lowest BCUT2D eigenvalue weighted by Gasteiger charge is -2.36. The number of fused-ring (bicyclic) bond motifs is 2. The van der Waals surface area contributed by atoms with Crippen LogP contribution in [0.15, 0.2) is 35.1 Å². The minimum atomic E-state index is -0.0108. The molecule has 0 spiro atoms. The Morgan fingerprint density at radius 2 is 2.29 bits per heavy atom. The predicted octanol–water partition coefficient (Wildman–Crippen LogP) is 2.75. The second-order valence-electron chi connectivity index (χ2n) is 6.20. The molecule has 2 aliphatic rings. The minimum Gasteiger partial charge on any atom is -0.371 e. The quantitative estimate of drug-likeness (QED) is 0.861. The van der Waals surface area contributed by atoms with Gasteiger partial charge in [0.1, 0.15) is 0 Å². The van der Waals surface area contributed by atoms with Crippen molar-refractivity contribution in [2.24, 2.45) is 11.8 Å². The summed E-state index contributed by atoms with van der Waals surface area (Å²) in [5.41, 5.74) is 3.19. The molecule has 1 N–H and O–H groups in total. The predicted molar refractivity (Wildman–Crippen MR) is 85.8 cm³/mol. The van der Waals surface area contributed by atoms with Crippen LogP contribution < -0.4 is 10.6 Å². The van der Waals surface area contributed by atoms with Crippen molar-refractivity contribution >= 4 is 16.7 Å². The van der Waals surface area contributed by atoms with Crippen molar-refractivity contribution in [3.63, 3.8) is 0 Å². The monoisotopic (exact) mass is 283 g/mol. The Hall–Kier alpha value is -1.97. The van der Waals surface area contributed by atoms with Crippen LogP contribution in [0.25, 0.3) is 11.0 Å². The maximum Gasteiger partial charge on any atom is 0.326 e. The molecule has 0 bridgehead atoms. The largest absolute Gasteiger partial charge is 0.371 e. The standard InChI is InChI=1S/C17H21N3O/c1-2-20-16-10-14(6-7-15(16)18-17(20)21)19-9-8-12-4-3-5-13(12)11-19/h3-4,6-7,10,12-13H,2,5,8-9,11H2,1H3,(H,18,21)/t12-,13+/m1/s1. The topological polar surface area (TPSA) is 41.0 Å². The number of rotatable bonds is 2.